The standard InChI is InChI=1S/C18H18N2O3/c21-16(19-10-13-6-3-9-23-13)11-20-15-8-2-5-12-4-1-7-14(17(12)15)18(20)22/h1-2,4-5,7-8,13H,3,6,9-11H2,(H,19,21)/t13-/m1/s1. The van der Waals surface area contributed by atoms with Gasteiger partial charge in [0.1, 0.15) is 6.54 Å². The minimum atomic E-state index is -0.154. The fourth-order valence-electron chi connectivity index (χ4n) is 3.37. The van der Waals surface area contributed by atoms with E-state index in [-0.39, 0.29) is 24.5 Å². The zero-order valence-electron chi connectivity index (χ0n) is 12.7. The Morgan fingerprint density at radius 3 is 2.87 bits per heavy atom. The van der Waals surface area contributed by atoms with Crippen LogP contribution in [0.15, 0.2) is 36.4 Å². The summed E-state index contributed by atoms with van der Waals surface area (Å²) in [6.07, 6.45) is 2.13. The van der Waals surface area contributed by atoms with E-state index in [0.717, 1.165) is 35.9 Å². The van der Waals surface area contributed by atoms with E-state index in [1.165, 1.54) is 0 Å². The van der Waals surface area contributed by atoms with E-state index in [0.29, 0.717) is 12.1 Å². The van der Waals surface area contributed by atoms with E-state index in [2.05, 4.69) is 5.32 Å². The molecule has 1 N–H and O–H groups in total. The lowest BCUT2D eigenvalue weighted by Crippen LogP contribution is -2.41. The Morgan fingerprint density at radius 2 is 2.09 bits per heavy atom. The van der Waals surface area contributed by atoms with Crippen LogP contribution in [0.2, 0.25) is 0 Å². The number of rotatable bonds is 4. The van der Waals surface area contributed by atoms with Gasteiger partial charge in [-0.05, 0) is 30.4 Å². The maximum atomic E-state index is 12.6. The Morgan fingerprint density at radius 1 is 1.26 bits per heavy atom. The molecule has 2 heterocycles. The fraction of sp³-hybridized carbons (Fsp3) is 0.333. The van der Waals surface area contributed by atoms with Crippen molar-refractivity contribution >= 4 is 28.3 Å². The summed E-state index contributed by atoms with van der Waals surface area (Å²) < 4.78 is 5.50. The van der Waals surface area contributed by atoms with E-state index in [1.807, 2.05) is 36.4 Å². The van der Waals surface area contributed by atoms with Crippen molar-refractivity contribution in [2.24, 2.45) is 0 Å². The van der Waals surface area contributed by atoms with Gasteiger partial charge in [-0.25, -0.2) is 0 Å². The maximum absolute atomic E-state index is 12.6. The highest BCUT2D eigenvalue weighted by atomic mass is 16.5. The second-order valence-corrected chi connectivity index (χ2v) is 6.01. The smallest absolute Gasteiger partial charge is 0.259 e. The molecule has 0 saturated carbocycles. The van der Waals surface area contributed by atoms with E-state index >= 15 is 0 Å². The van der Waals surface area contributed by atoms with Crippen molar-refractivity contribution in [1.82, 2.24) is 5.32 Å². The first-order chi connectivity index (χ1) is 11.2. The Bertz CT molecular complexity index is 776. The van der Waals surface area contributed by atoms with Gasteiger partial charge in [-0.2, -0.15) is 0 Å². The SMILES string of the molecule is O=C(CN1C(=O)c2cccc3cccc1c23)NC[C@H]1CCCO1. The van der Waals surface area contributed by atoms with Crippen molar-refractivity contribution in [1.29, 1.82) is 0 Å². The Hall–Kier alpha value is -2.40. The number of carbonyl (C=O) groups is 2. The number of amides is 2. The molecule has 5 nitrogen and oxygen atoms in total. The van der Waals surface area contributed by atoms with Gasteiger partial charge in [0, 0.05) is 24.1 Å². The van der Waals surface area contributed by atoms with Gasteiger partial charge < -0.3 is 10.1 Å². The molecule has 2 aromatic rings. The summed E-state index contributed by atoms with van der Waals surface area (Å²) in [6.45, 7) is 1.32. The minimum Gasteiger partial charge on any atom is -0.376 e. The minimum absolute atomic E-state index is 0.0410. The van der Waals surface area contributed by atoms with E-state index < -0.39 is 0 Å². The van der Waals surface area contributed by atoms with Gasteiger partial charge in [0.2, 0.25) is 5.91 Å². The zero-order valence-corrected chi connectivity index (χ0v) is 12.7. The van der Waals surface area contributed by atoms with Crippen molar-refractivity contribution in [3.63, 3.8) is 0 Å². The van der Waals surface area contributed by atoms with Gasteiger partial charge in [-0.3, -0.25) is 14.5 Å². The van der Waals surface area contributed by atoms with Crippen molar-refractivity contribution in [2.75, 3.05) is 24.6 Å². The van der Waals surface area contributed by atoms with Crippen molar-refractivity contribution < 1.29 is 14.3 Å². The molecule has 4 rings (SSSR count). The molecular formula is C18H18N2O3. The molecule has 2 aliphatic heterocycles. The highest BCUT2D eigenvalue weighted by Crippen LogP contribution is 2.36. The number of hydrogen-bond donors (Lipinski definition) is 1. The van der Waals surface area contributed by atoms with Gasteiger partial charge in [-0.1, -0.05) is 24.3 Å². The van der Waals surface area contributed by atoms with E-state index in [9.17, 15) is 9.59 Å². The number of benzene rings is 2. The van der Waals surface area contributed by atoms with Crippen LogP contribution in [-0.4, -0.2) is 37.6 Å². The lowest BCUT2D eigenvalue weighted by atomic mass is 10.1. The topological polar surface area (TPSA) is 58.6 Å². The molecule has 0 radical (unpaired) electrons. The Balaban J connectivity index is 1.51. The van der Waals surface area contributed by atoms with Crippen LogP contribution in [0.5, 0.6) is 0 Å². The maximum Gasteiger partial charge on any atom is 0.259 e. The first-order valence-electron chi connectivity index (χ1n) is 7.96. The molecule has 23 heavy (non-hydrogen) atoms. The summed E-state index contributed by atoms with van der Waals surface area (Å²) in [4.78, 5) is 26.4. The Kier molecular flexibility index (Phi) is 3.50. The number of hydrogen-bond acceptors (Lipinski definition) is 3. The molecule has 0 aromatic heterocycles. The Labute approximate surface area is 134 Å². The summed E-state index contributed by atoms with van der Waals surface area (Å²) >= 11 is 0. The highest BCUT2D eigenvalue weighted by molar-refractivity contribution is 6.26. The van der Waals surface area contributed by atoms with Crippen LogP contribution >= 0.6 is 0 Å². The van der Waals surface area contributed by atoms with Gasteiger partial charge in [0.15, 0.2) is 0 Å². The lowest BCUT2D eigenvalue weighted by molar-refractivity contribution is -0.120. The summed E-state index contributed by atoms with van der Waals surface area (Å²) in [6, 6.07) is 11.5. The normalized spacial score (nSPS) is 19.6. The van der Waals surface area contributed by atoms with Crippen molar-refractivity contribution in [3.05, 3.63) is 42.0 Å². The number of nitrogens with one attached hydrogen (secondary N) is 1. The molecule has 2 aromatic carbocycles. The second-order valence-electron chi connectivity index (χ2n) is 6.01. The quantitative estimate of drug-likeness (QED) is 0.941. The largest absolute Gasteiger partial charge is 0.376 e. The fourth-order valence-corrected chi connectivity index (χ4v) is 3.37. The third-order valence-corrected chi connectivity index (χ3v) is 4.50. The van der Waals surface area contributed by atoms with Crippen LogP contribution in [0.4, 0.5) is 5.69 Å². The van der Waals surface area contributed by atoms with Crippen LogP contribution in [0.1, 0.15) is 23.2 Å². The second kappa shape index (κ2) is 5.66. The van der Waals surface area contributed by atoms with Gasteiger partial charge in [0.05, 0.1) is 11.8 Å². The van der Waals surface area contributed by atoms with Crippen LogP contribution in [-0.2, 0) is 9.53 Å². The third kappa shape index (κ3) is 2.47. The lowest BCUT2D eigenvalue weighted by Gasteiger charge is -2.18. The van der Waals surface area contributed by atoms with Crippen LogP contribution in [0, 0.1) is 0 Å². The number of nitrogens with zero attached hydrogens (tertiary/aromatic N) is 1. The van der Waals surface area contributed by atoms with Crippen LogP contribution in [0.25, 0.3) is 10.8 Å². The molecule has 1 fully saturated rings. The molecule has 1 atom stereocenters. The predicted octanol–water partition coefficient (Wildman–Crippen LogP) is 2.10. The van der Waals surface area contributed by atoms with E-state index in [4.69, 9.17) is 4.74 Å². The van der Waals surface area contributed by atoms with Gasteiger partial charge >= 0.3 is 0 Å². The molecule has 0 bridgehead atoms. The van der Waals surface area contributed by atoms with Crippen molar-refractivity contribution in [3.8, 4) is 0 Å². The number of carbonyl (C=O) groups excluding carboxylic acids is 2. The molecule has 118 valence electrons. The van der Waals surface area contributed by atoms with Gasteiger partial charge in [0.25, 0.3) is 5.91 Å². The molecule has 2 amide bonds. The average molecular weight is 310 g/mol. The van der Waals surface area contributed by atoms with Crippen LogP contribution < -0.4 is 10.2 Å². The molecular weight excluding hydrogens is 292 g/mol. The summed E-state index contributed by atoms with van der Waals surface area (Å²) in [5.41, 5.74) is 1.49. The number of ether oxygens (including phenoxy) is 1. The van der Waals surface area contributed by atoms with Crippen LogP contribution in [0.3, 0.4) is 0 Å². The molecule has 5 heteroatoms. The van der Waals surface area contributed by atoms with Crippen molar-refractivity contribution in [2.45, 2.75) is 18.9 Å². The third-order valence-electron chi connectivity index (χ3n) is 4.50. The predicted molar refractivity (Wildman–Crippen MR) is 87.6 cm³/mol. The summed E-state index contributed by atoms with van der Waals surface area (Å²) in [5.74, 6) is -0.261. The molecule has 0 spiro atoms. The number of anilines is 1. The monoisotopic (exact) mass is 310 g/mol. The average Bonchev–Trinajstić information content (AvgIpc) is 3.17. The van der Waals surface area contributed by atoms with Gasteiger partial charge in [-0.15, -0.1) is 0 Å². The molecule has 2 aliphatic rings. The zero-order chi connectivity index (χ0) is 15.8. The highest BCUT2D eigenvalue weighted by Gasteiger charge is 2.30. The first kappa shape index (κ1) is 14.2. The van der Waals surface area contributed by atoms with E-state index in [1.54, 1.807) is 4.90 Å². The molecule has 0 aliphatic carbocycles. The molecule has 1 saturated heterocycles. The molecule has 0 unspecified atom stereocenters. The summed E-state index contributed by atoms with van der Waals surface area (Å²) in [5, 5.41) is 4.83. The summed E-state index contributed by atoms with van der Waals surface area (Å²) in [7, 11) is 0. The first-order valence-corrected chi connectivity index (χ1v) is 7.96.